The average Bonchev–Trinajstić information content (AvgIpc) is 3.25. The maximum absolute atomic E-state index is 13.5. The first-order valence-corrected chi connectivity index (χ1v) is 14.2. The number of carbonyl (C=O) groups is 1. The highest BCUT2D eigenvalue weighted by Gasteiger charge is 2.24. The summed E-state index contributed by atoms with van der Waals surface area (Å²) < 4.78 is 3.03. The fraction of sp³-hybridized carbons (Fsp3) is 0.355. The van der Waals surface area contributed by atoms with E-state index in [4.69, 9.17) is 5.10 Å². The minimum absolute atomic E-state index is 0.0138. The topological polar surface area (TPSA) is 50.2 Å². The largest absolute Gasteiger partial charge is 0.371 e. The molecule has 192 valence electrons. The van der Waals surface area contributed by atoms with Gasteiger partial charge in [-0.2, -0.15) is 5.10 Å². The van der Waals surface area contributed by atoms with Crippen molar-refractivity contribution in [2.24, 2.45) is 0 Å². The molecule has 1 aromatic heterocycles. The Hall–Kier alpha value is -2.87. The van der Waals surface area contributed by atoms with Gasteiger partial charge >= 0.3 is 0 Å². The maximum atomic E-state index is 13.5. The van der Waals surface area contributed by atoms with Crippen molar-refractivity contribution < 1.29 is 4.79 Å². The van der Waals surface area contributed by atoms with Gasteiger partial charge in [0.2, 0.25) is 5.91 Å². The van der Waals surface area contributed by atoms with Gasteiger partial charge in [-0.05, 0) is 92.0 Å². The number of anilines is 1. The van der Waals surface area contributed by atoms with Crippen molar-refractivity contribution >= 4 is 45.1 Å². The zero-order valence-corrected chi connectivity index (χ0v) is 24.0. The van der Waals surface area contributed by atoms with Crippen molar-refractivity contribution in [2.75, 3.05) is 18.0 Å². The van der Waals surface area contributed by atoms with E-state index in [1.165, 1.54) is 24.9 Å². The molecule has 5 nitrogen and oxygen atoms in total. The van der Waals surface area contributed by atoms with Gasteiger partial charge in [0.25, 0.3) is 0 Å². The number of amides is 1. The van der Waals surface area contributed by atoms with Crippen LogP contribution in [0.5, 0.6) is 0 Å². The Morgan fingerprint density at radius 3 is 2.41 bits per heavy atom. The molecule has 2 heterocycles. The van der Waals surface area contributed by atoms with Crippen LogP contribution < -0.4 is 10.2 Å². The van der Waals surface area contributed by atoms with E-state index in [9.17, 15) is 4.79 Å². The number of rotatable bonds is 6. The van der Waals surface area contributed by atoms with Crippen LogP contribution in [-0.2, 0) is 16.8 Å². The molecule has 4 aromatic rings. The number of hydrogen-bond donors (Lipinski definition) is 1. The summed E-state index contributed by atoms with van der Waals surface area (Å²) in [5.41, 5.74) is 5.45. The lowest BCUT2D eigenvalue weighted by Gasteiger charge is -2.33. The van der Waals surface area contributed by atoms with Crippen LogP contribution in [0.2, 0.25) is 0 Å². The molecule has 0 saturated carbocycles. The molecule has 0 bridgehead atoms. The molecule has 0 radical (unpaired) electrons. The van der Waals surface area contributed by atoms with Crippen molar-refractivity contribution in [3.05, 3.63) is 93.2 Å². The van der Waals surface area contributed by atoms with Crippen LogP contribution in [0.15, 0.2) is 72.8 Å². The molecule has 0 spiro atoms. The molecule has 5 rings (SSSR count). The van der Waals surface area contributed by atoms with Gasteiger partial charge in [-0.1, -0.05) is 54.6 Å². The molecular formula is C31H35IN4O. The number of aromatic nitrogens is 2. The highest BCUT2D eigenvalue weighted by Crippen LogP contribution is 2.33. The van der Waals surface area contributed by atoms with E-state index in [0.29, 0.717) is 6.42 Å². The molecule has 1 N–H and O–H groups in total. The number of nitrogens with zero attached hydrogens (tertiary/aromatic N) is 3. The molecule has 0 aliphatic carbocycles. The lowest BCUT2D eigenvalue weighted by Crippen LogP contribution is -2.34. The summed E-state index contributed by atoms with van der Waals surface area (Å²) in [5.74, 6) is 0.0138. The minimum Gasteiger partial charge on any atom is -0.371 e. The molecule has 1 unspecified atom stereocenters. The molecule has 1 aliphatic rings. The van der Waals surface area contributed by atoms with Crippen LogP contribution in [0.25, 0.3) is 10.9 Å². The summed E-state index contributed by atoms with van der Waals surface area (Å²) >= 11 is 2.29. The van der Waals surface area contributed by atoms with Crippen molar-refractivity contribution in [3.8, 4) is 0 Å². The predicted molar refractivity (Wildman–Crippen MR) is 160 cm³/mol. The smallest absolute Gasteiger partial charge is 0.225 e. The third-order valence-electron chi connectivity index (χ3n) is 7.08. The average molecular weight is 607 g/mol. The molecule has 6 heteroatoms. The maximum Gasteiger partial charge on any atom is 0.225 e. The standard InChI is InChI=1S/C31H35IN4O/c1-31(2,3)36-27-17-16-22(20-25(27)30(32)34-36)21-28(37)33-29(23-12-6-4-7-13-23)24-14-8-9-15-26(24)35-18-10-5-11-19-35/h4,6-9,12-17,20,29H,5,10-11,18-19,21H2,1-3H3,(H,33,37). The monoisotopic (exact) mass is 606 g/mol. The normalized spacial score (nSPS) is 15.1. The van der Waals surface area contributed by atoms with Gasteiger partial charge in [-0.25, -0.2) is 0 Å². The van der Waals surface area contributed by atoms with Crippen molar-refractivity contribution in [1.82, 2.24) is 15.1 Å². The van der Waals surface area contributed by atoms with E-state index in [-0.39, 0.29) is 17.5 Å². The summed E-state index contributed by atoms with van der Waals surface area (Å²) in [5, 5.41) is 9.24. The van der Waals surface area contributed by atoms with Crippen LogP contribution in [0.3, 0.4) is 0 Å². The molecule has 3 aromatic carbocycles. The Morgan fingerprint density at radius 1 is 0.973 bits per heavy atom. The van der Waals surface area contributed by atoms with Crippen LogP contribution in [0, 0.1) is 3.70 Å². The molecule has 1 aliphatic heterocycles. The van der Waals surface area contributed by atoms with Crippen LogP contribution in [0.1, 0.15) is 62.8 Å². The van der Waals surface area contributed by atoms with Gasteiger partial charge in [0.1, 0.15) is 3.70 Å². The molecule has 1 amide bonds. The van der Waals surface area contributed by atoms with Crippen molar-refractivity contribution in [3.63, 3.8) is 0 Å². The number of halogens is 1. The van der Waals surface area contributed by atoms with Crippen LogP contribution in [-0.4, -0.2) is 28.8 Å². The Bertz CT molecular complexity index is 1380. The van der Waals surface area contributed by atoms with Gasteiger partial charge in [0.15, 0.2) is 0 Å². The third-order valence-corrected chi connectivity index (χ3v) is 7.88. The van der Waals surface area contributed by atoms with Crippen molar-refractivity contribution in [2.45, 2.75) is 58.0 Å². The zero-order chi connectivity index (χ0) is 26.0. The van der Waals surface area contributed by atoms with Gasteiger partial charge in [0.05, 0.1) is 23.5 Å². The number of carbonyl (C=O) groups excluding carboxylic acids is 1. The highest BCUT2D eigenvalue weighted by atomic mass is 127. The second-order valence-electron chi connectivity index (χ2n) is 10.9. The van der Waals surface area contributed by atoms with Gasteiger partial charge in [-0.3, -0.25) is 9.48 Å². The Labute approximate surface area is 233 Å². The van der Waals surface area contributed by atoms with E-state index in [0.717, 1.165) is 44.4 Å². The van der Waals surface area contributed by atoms with Crippen LogP contribution in [0.4, 0.5) is 5.69 Å². The SMILES string of the molecule is CC(C)(C)n1nc(I)c2cc(CC(=O)NC(c3ccccc3)c3ccccc3N3CCCCC3)ccc21. The van der Waals surface area contributed by atoms with Crippen LogP contribution >= 0.6 is 22.6 Å². The number of piperidine rings is 1. The molecular weight excluding hydrogens is 571 g/mol. The first kappa shape index (κ1) is 25.8. The molecule has 37 heavy (non-hydrogen) atoms. The summed E-state index contributed by atoms with van der Waals surface area (Å²) in [6.07, 6.45) is 4.03. The minimum atomic E-state index is -0.209. The fourth-order valence-electron chi connectivity index (χ4n) is 5.29. The lowest BCUT2D eigenvalue weighted by atomic mass is 9.95. The van der Waals surface area contributed by atoms with Gasteiger partial charge < -0.3 is 10.2 Å². The first-order valence-electron chi connectivity index (χ1n) is 13.2. The molecule has 1 fully saturated rings. The van der Waals surface area contributed by atoms with Gasteiger partial charge in [-0.15, -0.1) is 0 Å². The number of hydrogen-bond acceptors (Lipinski definition) is 3. The summed E-state index contributed by atoms with van der Waals surface area (Å²) in [4.78, 5) is 16.0. The molecule has 1 saturated heterocycles. The molecule has 1 atom stereocenters. The van der Waals surface area contributed by atoms with E-state index >= 15 is 0 Å². The van der Waals surface area contributed by atoms with E-state index in [1.54, 1.807) is 0 Å². The number of benzene rings is 3. The zero-order valence-electron chi connectivity index (χ0n) is 21.9. The number of para-hydroxylation sites is 1. The quantitative estimate of drug-likeness (QED) is 0.245. The van der Waals surface area contributed by atoms with E-state index in [2.05, 4.69) is 113 Å². The summed E-state index contributed by atoms with van der Waals surface area (Å²) in [6, 6.07) is 24.9. The number of nitrogens with one attached hydrogen (secondary N) is 1. The third kappa shape index (κ3) is 5.69. The second kappa shape index (κ2) is 10.9. The second-order valence-corrected chi connectivity index (χ2v) is 11.9. The predicted octanol–water partition coefficient (Wildman–Crippen LogP) is 6.83. The Balaban J connectivity index is 1.43. The lowest BCUT2D eigenvalue weighted by molar-refractivity contribution is -0.120. The number of fused-ring (bicyclic) bond motifs is 1. The fourth-order valence-corrected chi connectivity index (χ4v) is 5.94. The van der Waals surface area contributed by atoms with E-state index in [1.807, 2.05) is 18.2 Å². The Kier molecular flexibility index (Phi) is 7.56. The first-order chi connectivity index (χ1) is 17.8. The van der Waals surface area contributed by atoms with Crippen molar-refractivity contribution in [1.29, 1.82) is 0 Å². The summed E-state index contributed by atoms with van der Waals surface area (Å²) in [6.45, 7) is 8.59. The van der Waals surface area contributed by atoms with E-state index < -0.39 is 0 Å². The van der Waals surface area contributed by atoms with Gasteiger partial charge in [0, 0.05) is 29.7 Å². The Morgan fingerprint density at radius 2 is 1.68 bits per heavy atom. The highest BCUT2D eigenvalue weighted by molar-refractivity contribution is 14.1. The summed E-state index contributed by atoms with van der Waals surface area (Å²) in [7, 11) is 0.